The van der Waals surface area contributed by atoms with Gasteiger partial charge in [-0.05, 0) is 59.4 Å². The molecule has 0 spiro atoms. The minimum atomic E-state index is -0.550. The fraction of sp³-hybridized carbons (Fsp3) is 0.250. The van der Waals surface area contributed by atoms with Crippen LogP contribution in [0.5, 0.6) is 11.5 Å². The molecule has 0 saturated heterocycles. The van der Waals surface area contributed by atoms with Gasteiger partial charge in [-0.15, -0.1) is 0 Å². The van der Waals surface area contributed by atoms with E-state index in [4.69, 9.17) is 26.1 Å². The Morgan fingerprint density at radius 2 is 1.89 bits per heavy atom. The van der Waals surface area contributed by atoms with Gasteiger partial charge in [0.25, 0.3) is 5.56 Å². The second-order valence-electron chi connectivity index (χ2n) is 13.7. The molecule has 2 aromatic carbocycles. The number of allylic oxidation sites excluding steroid dienone is 1. The van der Waals surface area contributed by atoms with Crippen molar-refractivity contribution in [2.24, 2.45) is 4.99 Å². The molecule has 0 aliphatic carbocycles. The summed E-state index contributed by atoms with van der Waals surface area (Å²) in [6.45, 7) is 2.83. The molecule has 6 rings (SSSR count). The monoisotopic (exact) mass is 763 g/mol. The number of hydrogen-bond acceptors (Lipinski definition) is 11. The summed E-state index contributed by atoms with van der Waals surface area (Å²) in [7, 11) is 6.91. The van der Waals surface area contributed by atoms with Crippen LogP contribution in [0.4, 0.5) is 11.6 Å². The zero-order valence-corrected chi connectivity index (χ0v) is 31.8. The van der Waals surface area contributed by atoms with Crippen LogP contribution in [0.25, 0.3) is 22.2 Å². The van der Waals surface area contributed by atoms with E-state index < -0.39 is 11.0 Å². The van der Waals surface area contributed by atoms with Crippen LogP contribution in [-0.4, -0.2) is 82.3 Å². The number of ether oxygens (including phenoxy) is 2. The van der Waals surface area contributed by atoms with Gasteiger partial charge in [0.1, 0.15) is 29.9 Å². The van der Waals surface area contributed by atoms with Crippen molar-refractivity contribution in [3.63, 3.8) is 0 Å². The van der Waals surface area contributed by atoms with Crippen molar-refractivity contribution in [3.8, 4) is 22.6 Å². The number of methoxy groups -OCH3 is 2. The normalized spacial score (nSPS) is 13.4. The van der Waals surface area contributed by atoms with Gasteiger partial charge >= 0.3 is 5.82 Å². The van der Waals surface area contributed by atoms with Crippen molar-refractivity contribution in [2.45, 2.75) is 25.8 Å². The van der Waals surface area contributed by atoms with Crippen molar-refractivity contribution >= 4 is 46.3 Å². The summed E-state index contributed by atoms with van der Waals surface area (Å²) >= 11 is 6.80. The number of benzene rings is 2. The van der Waals surface area contributed by atoms with Gasteiger partial charge in [0.2, 0.25) is 5.95 Å². The number of ketones is 1. The Bertz CT molecular complexity index is 2430. The van der Waals surface area contributed by atoms with Crippen LogP contribution < -0.4 is 20.3 Å². The molecular weight excluding hydrogens is 724 g/mol. The molecule has 282 valence electrons. The first-order valence-electron chi connectivity index (χ1n) is 17.4. The number of halogens is 1. The molecule has 0 amide bonds. The number of pyridine rings is 2. The molecule has 55 heavy (non-hydrogen) atoms. The molecule has 4 heterocycles. The number of nitrogens with one attached hydrogen (secondary N) is 1. The number of aromatic nitrogens is 4. The lowest BCUT2D eigenvalue weighted by molar-refractivity contribution is -0.880. The van der Waals surface area contributed by atoms with E-state index in [2.05, 4.69) is 20.3 Å². The highest BCUT2D eigenvalue weighted by atomic mass is 35.5. The number of anilines is 2. The van der Waals surface area contributed by atoms with Gasteiger partial charge in [-0.1, -0.05) is 40.9 Å². The van der Waals surface area contributed by atoms with Crippen molar-refractivity contribution in [1.82, 2.24) is 19.5 Å². The van der Waals surface area contributed by atoms with Gasteiger partial charge in [0.05, 0.1) is 51.5 Å². The number of fused-ring (bicyclic) bond motifs is 1. The number of likely N-dealkylation sites (N-methyl/N-ethyl adjacent to an activating group) is 1. The molecule has 1 N–H and O–H groups in total. The van der Waals surface area contributed by atoms with E-state index in [9.17, 15) is 19.7 Å². The topological polar surface area (TPSA) is 164 Å². The third kappa shape index (κ3) is 8.77. The van der Waals surface area contributed by atoms with Crippen LogP contribution in [0.15, 0.2) is 107 Å². The van der Waals surface area contributed by atoms with Gasteiger partial charge in [0, 0.05) is 59.7 Å². The largest absolute Gasteiger partial charge is 0.497 e. The number of carbonyl (C=O) groups excluding carboxylic acids is 1. The third-order valence-electron chi connectivity index (χ3n) is 9.23. The number of nitro groups is 1. The van der Waals surface area contributed by atoms with Crippen molar-refractivity contribution in [3.05, 3.63) is 133 Å². The molecule has 0 radical (unpaired) electrons. The Kier molecular flexibility index (Phi) is 11.5. The smallest absolute Gasteiger partial charge is 0.368 e. The second kappa shape index (κ2) is 16.4. The Morgan fingerprint density at radius 1 is 1.11 bits per heavy atom. The van der Waals surface area contributed by atoms with Crippen LogP contribution in [-0.2, 0) is 11.2 Å². The fourth-order valence-corrected chi connectivity index (χ4v) is 6.78. The summed E-state index contributed by atoms with van der Waals surface area (Å²) in [4.78, 5) is 56.0. The quantitative estimate of drug-likeness (QED) is 0.0533. The van der Waals surface area contributed by atoms with Crippen LogP contribution in [0.3, 0.4) is 0 Å². The summed E-state index contributed by atoms with van der Waals surface area (Å²) in [5.74, 6) is 0.891. The second-order valence-corrected chi connectivity index (χ2v) is 14.1. The number of hydrogen-bond donors (Lipinski definition) is 1. The lowest BCUT2D eigenvalue weighted by atomic mass is 10.00. The summed E-state index contributed by atoms with van der Waals surface area (Å²) in [6.07, 6.45) is 10.4. The molecule has 1 aliphatic rings. The lowest BCUT2D eigenvalue weighted by Crippen LogP contribution is -2.41. The molecule has 0 bridgehead atoms. The number of carbonyl (C=O) groups is 1. The standard InChI is InChI=1S/C40H39ClN8O6/c1-25(27-9-6-8-26(18-27)19-31(50)10-7-17-49(2,3)24-28-11-16-43-37(28)48(52)53)47-38-29(23-44-40(46-38)45-30-12-14-42-15-13-30)20-34(39(47)51)33-21-32(54-4)22-35(55-5)36(33)41/h6-10,12-16,18,20-23,25H,11,17,19,24H2,1-5H3/p+1/b10-7+. The van der Waals surface area contributed by atoms with E-state index in [0.717, 1.165) is 16.8 Å². The lowest BCUT2D eigenvalue weighted by Gasteiger charge is -2.28. The fourth-order valence-electron chi connectivity index (χ4n) is 6.49. The Labute approximate surface area is 322 Å². The van der Waals surface area contributed by atoms with Crippen molar-refractivity contribution in [2.75, 3.05) is 46.7 Å². The summed E-state index contributed by atoms with van der Waals surface area (Å²) < 4.78 is 13.0. The van der Waals surface area contributed by atoms with E-state index in [1.807, 2.05) is 45.3 Å². The maximum atomic E-state index is 14.7. The van der Waals surface area contributed by atoms with E-state index in [0.29, 0.717) is 63.2 Å². The zero-order valence-electron chi connectivity index (χ0n) is 31.0. The molecule has 1 unspecified atom stereocenters. The van der Waals surface area contributed by atoms with Crippen LogP contribution in [0.1, 0.15) is 30.5 Å². The number of quaternary nitrogens is 1. The van der Waals surface area contributed by atoms with Crippen molar-refractivity contribution < 1.29 is 23.7 Å². The maximum Gasteiger partial charge on any atom is 0.368 e. The Balaban J connectivity index is 1.32. The van der Waals surface area contributed by atoms with Gasteiger partial charge in [-0.25, -0.2) is 4.98 Å². The molecule has 1 aliphatic heterocycles. The van der Waals surface area contributed by atoms with E-state index in [1.165, 1.54) is 14.2 Å². The summed E-state index contributed by atoms with van der Waals surface area (Å²) in [5, 5.41) is 15.3. The molecule has 1 atom stereocenters. The highest BCUT2D eigenvalue weighted by Crippen LogP contribution is 2.39. The number of aliphatic imine (C=N–C) groups is 1. The molecular formula is C40H40ClN8O6+. The van der Waals surface area contributed by atoms with E-state index >= 15 is 0 Å². The summed E-state index contributed by atoms with van der Waals surface area (Å²) in [5.41, 5.74) is 3.67. The predicted molar refractivity (Wildman–Crippen MR) is 212 cm³/mol. The third-order valence-corrected chi connectivity index (χ3v) is 9.62. The SMILES string of the molecule is COc1cc(OC)c(Cl)c(-c2cc3cnc(Nc4ccncc4)nc3n(C(C)c3cccc(CC(=O)/C=C/C[N+](C)(C)CC4=C([N+](=O)[O-])N=CC4)c3)c2=O)c1. The van der Waals surface area contributed by atoms with Gasteiger partial charge in [-0.2, -0.15) is 4.98 Å². The van der Waals surface area contributed by atoms with Gasteiger partial charge < -0.3 is 29.4 Å². The molecule has 15 heteroatoms. The number of nitrogens with zero attached hydrogens (tertiary/aromatic N) is 7. The average molecular weight is 764 g/mol. The van der Waals surface area contributed by atoms with E-state index in [-0.39, 0.29) is 34.6 Å². The van der Waals surface area contributed by atoms with Crippen molar-refractivity contribution in [1.29, 1.82) is 0 Å². The highest BCUT2D eigenvalue weighted by molar-refractivity contribution is 6.35. The van der Waals surface area contributed by atoms with Crippen LogP contribution in [0, 0.1) is 10.1 Å². The Hall–Kier alpha value is -6.25. The first-order valence-corrected chi connectivity index (χ1v) is 17.8. The first-order chi connectivity index (χ1) is 26.4. The average Bonchev–Trinajstić information content (AvgIpc) is 3.63. The van der Waals surface area contributed by atoms with Crippen LogP contribution in [0.2, 0.25) is 5.02 Å². The molecule has 0 saturated carbocycles. The molecule has 0 fully saturated rings. The molecule has 3 aromatic heterocycles. The first kappa shape index (κ1) is 38.5. The minimum absolute atomic E-state index is 0.0961. The van der Waals surface area contributed by atoms with E-state index in [1.54, 1.807) is 71.9 Å². The zero-order chi connectivity index (χ0) is 39.3. The van der Waals surface area contributed by atoms with Crippen LogP contribution >= 0.6 is 11.6 Å². The van der Waals surface area contributed by atoms with Gasteiger partial charge in [-0.3, -0.25) is 19.1 Å². The minimum Gasteiger partial charge on any atom is -0.497 e. The maximum absolute atomic E-state index is 14.7. The molecule has 14 nitrogen and oxygen atoms in total. The Morgan fingerprint density at radius 3 is 2.62 bits per heavy atom. The summed E-state index contributed by atoms with van der Waals surface area (Å²) in [6, 6.07) is 15.6. The number of rotatable bonds is 15. The highest BCUT2D eigenvalue weighted by Gasteiger charge is 2.28. The molecule has 5 aromatic rings. The predicted octanol–water partition coefficient (Wildman–Crippen LogP) is 6.58. The van der Waals surface area contributed by atoms with Gasteiger partial charge in [0.15, 0.2) is 5.78 Å².